The topological polar surface area (TPSA) is 64.5 Å². The Hall–Kier alpha value is -2.12. The van der Waals surface area contributed by atoms with Crippen molar-refractivity contribution in [2.45, 2.75) is 5.03 Å². The maximum absolute atomic E-state index is 12.3. The number of benzene rings is 1. The average Bonchev–Trinajstić information content (AvgIpc) is 2.67. The summed E-state index contributed by atoms with van der Waals surface area (Å²) in [6, 6.07) is 9.11. The maximum Gasteiger partial charge on any atom is 0.173 e. The Morgan fingerprint density at radius 1 is 1.29 bits per heavy atom. The van der Waals surface area contributed by atoms with Crippen molar-refractivity contribution in [2.24, 2.45) is 0 Å². The van der Waals surface area contributed by atoms with Crippen LogP contribution in [0.2, 0.25) is 0 Å². The third kappa shape index (κ3) is 4.24. The van der Waals surface area contributed by atoms with E-state index in [0.717, 1.165) is 23.9 Å². The van der Waals surface area contributed by atoms with Crippen molar-refractivity contribution in [1.29, 1.82) is 0 Å². The summed E-state index contributed by atoms with van der Waals surface area (Å²) in [6.07, 6.45) is 1.54. The van der Waals surface area contributed by atoms with E-state index < -0.39 is 0 Å². The lowest BCUT2D eigenvalue weighted by atomic mass is 10.1. The number of carbonyl (C=O) groups is 1. The molecule has 1 aromatic carbocycles. The summed E-state index contributed by atoms with van der Waals surface area (Å²) in [7, 11) is 1.59. The molecule has 6 nitrogen and oxygen atoms in total. The summed E-state index contributed by atoms with van der Waals surface area (Å²) in [5.41, 5.74) is 0.643. The highest BCUT2D eigenvalue weighted by atomic mass is 32.2. The standard InChI is InChI=1S/C17H19N3O3S/c1-22-14-4-2-3-13(9-14)15(21)11-24-17-10-16(18-12-19-17)20-5-7-23-8-6-20/h2-4,9-10,12H,5-8,11H2,1H3. The number of hydrogen-bond acceptors (Lipinski definition) is 7. The molecule has 0 atom stereocenters. The number of ketones is 1. The number of Topliss-reactive ketones (excluding diaryl/α,β-unsaturated/α-hetero) is 1. The summed E-state index contributed by atoms with van der Waals surface area (Å²) in [6.45, 7) is 3.06. The zero-order chi connectivity index (χ0) is 16.8. The number of ether oxygens (including phenoxy) is 2. The van der Waals surface area contributed by atoms with Crippen LogP contribution in [0.15, 0.2) is 41.7 Å². The van der Waals surface area contributed by atoms with Crippen LogP contribution in [-0.2, 0) is 4.74 Å². The molecular formula is C17H19N3O3S. The summed E-state index contributed by atoms with van der Waals surface area (Å²) in [5.74, 6) is 1.93. The van der Waals surface area contributed by atoms with Crippen LogP contribution in [0.25, 0.3) is 0 Å². The fourth-order valence-electron chi connectivity index (χ4n) is 2.39. The molecule has 1 fully saturated rings. The zero-order valence-electron chi connectivity index (χ0n) is 13.5. The first-order valence-corrected chi connectivity index (χ1v) is 8.69. The molecule has 0 bridgehead atoms. The molecule has 0 N–H and O–H groups in total. The lowest BCUT2D eigenvalue weighted by Gasteiger charge is -2.27. The SMILES string of the molecule is COc1cccc(C(=O)CSc2cc(N3CCOCC3)ncn2)c1. The van der Waals surface area contributed by atoms with Gasteiger partial charge in [-0.05, 0) is 12.1 Å². The fourth-order valence-corrected chi connectivity index (χ4v) is 3.15. The van der Waals surface area contributed by atoms with Crippen molar-refractivity contribution in [3.05, 3.63) is 42.2 Å². The Balaban J connectivity index is 1.62. The van der Waals surface area contributed by atoms with Crippen LogP contribution >= 0.6 is 11.8 Å². The van der Waals surface area contributed by atoms with Gasteiger partial charge in [0.25, 0.3) is 0 Å². The van der Waals surface area contributed by atoms with E-state index >= 15 is 0 Å². The van der Waals surface area contributed by atoms with Gasteiger partial charge in [0.05, 0.1) is 26.1 Å². The minimum atomic E-state index is 0.0467. The molecule has 1 aromatic heterocycles. The Labute approximate surface area is 145 Å². The third-order valence-corrected chi connectivity index (χ3v) is 4.63. The zero-order valence-corrected chi connectivity index (χ0v) is 14.3. The van der Waals surface area contributed by atoms with Crippen molar-refractivity contribution in [1.82, 2.24) is 9.97 Å². The molecule has 0 unspecified atom stereocenters. The van der Waals surface area contributed by atoms with Crippen LogP contribution in [0.5, 0.6) is 5.75 Å². The lowest BCUT2D eigenvalue weighted by molar-refractivity contribution is 0.102. The molecule has 1 aliphatic heterocycles. The normalized spacial score (nSPS) is 14.5. The first-order valence-electron chi connectivity index (χ1n) is 7.71. The summed E-state index contributed by atoms with van der Waals surface area (Å²) >= 11 is 1.42. The molecule has 2 heterocycles. The third-order valence-electron chi connectivity index (χ3n) is 3.71. The van der Waals surface area contributed by atoms with Crippen LogP contribution in [0.1, 0.15) is 10.4 Å². The number of thioether (sulfide) groups is 1. The van der Waals surface area contributed by atoms with Crippen LogP contribution in [0.3, 0.4) is 0 Å². The highest BCUT2D eigenvalue weighted by molar-refractivity contribution is 7.99. The molecule has 24 heavy (non-hydrogen) atoms. The van der Waals surface area contributed by atoms with Gasteiger partial charge in [0, 0.05) is 24.7 Å². The van der Waals surface area contributed by atoms with Gasteiger partial charge in [0.15, 0.2) is 5.78 Å². The molecule has 0 spiro atoms. The van der Waals surface area contributed by atoms with Crippen molar-refractivity contribution in [3.63, 3.8) is 0 Å². The number of carbonyl (C=O) groups excluding carboxylic acids is 1. The van der Waals surface area contributed by atoms with Gasteiger partial charge in [-0.25, -0.2) is 9.97 Å². The molecule has 0 saturated carbocycles. The van der Waals surface area contributed by atoms with Crippen molar-refractivity contribution in [3.8, 4) is 5.75 Å². The summed E-state index contributed by atoms with van der Waals surface area (Å²) in [5, 5.41) is 0.794. The van der Waals surface area contributed by atoms with Crippen LogP contribution in [0, 0.1) is 0 Å². The van der Waals surface area contributed by atoms with E-state index in [2.05, 4.69) is 14.9 Å². The van der Waals surface area contributed by atoms with Crippen LogP contribution in [0.4, 0.5) is 5.82 Å². The predicted molar refractivity (Wildman–Crippen MR) is 93.1 cm³/mol. The van der Waals surface area contributed by atoms with E-state index in [-0.39, 0.29) is 5.78 Å². The summed E-state index contributed by atoms with van der Waals surface area (Å²) in [4.78, 5) is 23.1. The van der Waals surface area contributed by atoms with E-state index in [9.17, 15) is 4.79 Å². The Morgan fingerprint density at radius 2 is 2.12 bits per heavy atom. The van der Waals surface area contributed by atoms with Crippen molar-refractivity contribution < 1.29 is 14.3 Å². The molecule has 3 rings (SSSR count). The quantitative estimate of drug-likeness (QED) is 0.452. The number of aromatic nitrogens is 2. The minimum Gasteiger partial charge on any atom is -0.497 e. The highest BCUT2D eigenvalue weighted by Gasteiger charge is 2.14. The van der Waals surface area contributed by atoms with E-state index in [4.69, 9.17) is 9.47 Å². The van der Waals surface area contributed by atoms with E-state index in [0.29, 0.717) is 30.3 Å². The number of nitrogens with zero attached hydrogens (tertiary/aromatic N) is 3. The average molecular weight is 345 g/mol. The first kappa shape index (κ1) is 16.7. The molecule has 0 amide bonds. The fraction of sp³-hybridized carbons (Fsp3) is 0.353. The van der Waals surface area contributed by atoms with Crippen LogP contribution < -0.4 is 9.64 Å². The van der Waals surface area contributed by atoms with Gasteiger partial charge in [-0.3, -0.25) is 4.79 Å². The number of anilines is 1. The second-order valence-corrected chi connectivity index (χ2v) is 6.25. The van der Waals surface area contributed by atoms with E-state index in [1.165, 1.54) is 11.8 Å². The molecule has 7 heteroatoms. The Bertz CT molecular complexity index is 705. The minimum absolute atomic E-state index is 0.0467. The van der Waals surface area contributed by atoms with Gasteiger partial charge < -0.3 is 14.4 Å². The second-order valence-electron chi connectivity index (χ2n) is 5.26. The Morgan fingerprint density at radius 3 is 2.92 bits per heavy atom. The molecule has 1 saturated heterocycles. The molecule has 1 aliphatic rings. The predicted octanol–water partition coefficient (Wildman–Crippen LogP) is 2.30. The Kier molecular flexibility index (Phi) is 5.66. The van der Waals surface area contributed by atoms with Gasteiger partial charge in [-0.15, -0.1) is 0 Å². The lowest BCUT2D eigenvalue weighted by Crippen LogP contribution is -2.36. The molecule has 126 valence electrons. The second kappa shape index (κ2) is 8.12. The van der Waals surface area contributed by atoms with Gasteiger partial charge in [-0.1, -0.05) is 23.9 Å². The van der Waals surface area contributed by atoms with Gasteiger partial charge in [0.1, 0.15) is 22.9 Å². The van der Waals surface area contributed by atoms with Gasteiger partial charge in [0.2, 0.25) is 0 Å². The monoisotopic (exact) mass is 345 g/mol. The smallest absolute Gasteiger partial charge is 0.173 e. The van der Waals surface area contributed by atoms with Gasteiger partial charge >= 0.3 is 0 Å². The van der Waals surface area contributed by atoms with Crippen molar-refractivity contribution in [2.75, 3.05) is 44.1 Å². The number of hydrogen-bond donors (Lipinski definition) is 0. The van der Waals surface area contributed by atoms with E-state index in [1.807, 2.05) is 18.2 Å². The molecular weight excluding hydrogens is 326 g/mol. The van der Waals surface area contributed by atoms with Crippen molar-refractivity contribution >= 4 is 23.4 Å². The molecule has 0 radical (unpaired) electrons. The highest BCUT2D eigenvalue weighted by Crippen LogP contribution is 2.22. The number of morpholine rings is 1. The maximum atomic E-state index is 12.3. The van der Waals surface area contributed by atoms with Gasteiger partial charge in [-0.2, -0.15) is 0 Å². The molecule has 0 aliphatic carbocycles. The molecule has 2 aromatic rings. The summed E-state index contributed by atoms with van der Waals surface area (Å²) < 4.78 is 10.5. The van der Waals surface area contributed by atoms with E-state index in [1.54, 1.807) is 25.6 Å². The number of rotatable bonds is 6. The number of methoxy groups -OCH3 is 1. The van der Waals surface area contributed by atoms with Crippen LogP contribution in [-0.4, -0.2) is 54.9 Å². The largest absolute Gasteiger partial charge is 0.497 e. The first-order chi connectivity index (χ1) is 11.8.